The fraction of sp³-hybridized carbons (Fsp3) is 0.185. The van der Waals surface area contributed by atoms with Gasteiger partial charge in [-0.05, 0) is 60.2 Å². The third kappa shape index (κ3) is 4.54. The van der Waals surface area contributed by atoms with Crippen molar-refractivity contribution < 1.29 is 4.79 Å². The Morgan fingerprint density at radius 3 is 2.42 bits per heavy atom. The number of nitrogens with one attached hydrogen (secondary N) is 1. The Bertz CT molecular complexity index is 1220. The van der Waals surface area contributed by atoms with Gasteiger partial charge in [-0.1, -0.05) is 83.9 Å². The summed E-state index contributed by atoms with van der Waals surface area (Å²) in [5, 5.41) is 10.3. The molecule has 2 unspecified atom stereocenters. The SMILES string of the molecule is O=C(Nc1ccc(Cl)c(Cl)c1)N1N=C2/C(=C/c3ccccc3)CCCC2C1c1ccccc1. The molecule has 3 aromatic carbocycles. The molecule has 1 fully saturated rings. The maximum atomic E-state index is 13.4. The summed E-state index contributed by atoms with van der Waals surface area (Å²) < 4.78 is 0. The van der Waals surface area contributed by atoms with Crippen molar-refractivity contribution in [2.75, 3.05) is 5.32 Å². The molecule has 0 bridgehead atoms. The zero-order chi connectivity index (χ0) is 22.8. The second kappa shape index (κ2) is 9.42. The number of hydrogen-bond acceptors (Lipinski definition) is 2. The minimum atomic E-state index is -0.289. The molecule has 3 aromatic rings. The normalized spacial score (nSPS) is 21.0. The predicted octanol–water partition coefficient (Wildman–Crippen LogP) is 7.82. The van der Waals surface area contributed by atoms with Gasteiger partial charge in [0.05, 0.1) is 21.8 Å². The highest BCUT2D eigenvalue weighted by molar-refractivity contribution is 6.42. The van der Waals surface area contributed by atoms with Gasteiger partial charge in [0.25, 0.3) is 0 Å². The van der Waals surface area contributed by atoms with Gasteiger partial charge in [0.15, 0.2) is 0 Å². The third-order valence-corrected chi connectivity index (χ3v) is 6.90. The molecule has 1 saturated carbocycles. The molecule has 6 heteroatoms. The molecule has 166 valence electrons. The lowest BCUT2D eigenvalue weighted by molar-refractivity contribution is 0.188. The summed E-state index contributed by atoms with van der Waals surface area (Å²) in [6.07, 6.45) is 5.20. The number of carbonyl (C=O) groups excluding carboxylic acids is 1. The lowest BCUT2D eigenvalue weighted by Gasteiger charge is -2.29. The third-order valence-electron chi connectivity index (χ3n) is 6.16. The van der Waals surface area contributed by atoms with Crippen LogP contribution in [0.15, 0.2) is 89.5 Å². The van der Waals surface area contributed by atoms with Crippen molar-refractivity contribution in [1.82, 2.24) is 5.01 Å². The summed E-state index contributed by atoms with van der Waals surface area (Å²) in [5.74, 6) is 0.149. The van der Waals surface area contributed by atoms with Crippen molar-refractivity contribution in [2.45, 2.75) is 25.3 Å². The first-order valence-electron chi connectivity index (χ1n) is 11.0. The lowest BCUT2D eigenvalue weighted by Crippen LogP contribution is -2.34. The van der Waals surface area contributed by atoms with Crippen LogP contribution in [0.5, 0.6) is 0 Å². The predicted molar refractivity (Wildman–Crippen MR) is 136 cm³/mol. The number of rotatable bonds is 3. The Morgan fingerprint density at radius 2 is 1.70 bits per heavy atom. The highest BCUT2D eigenvalue weighted by atomic mass is 35.5. The van der Waals surface area contributed by atoms with E-state index in [1.807, 2.05) is 36.4 Å². The monoisotopic (exact) mass is 475 g/mol. The topological polar surface area (TPSA) is 44.7 Å². The molecule has 0 spiro atoms. The van der Waals surface area contributed by atoms with E-state index in [1.165, 1.54) is 5.57 Å². The zero-order valence-electron chi connectivity index (χ0n) is 17.9. The van der Waals surface area contributed by atoms with Gasteiger partial charge in [0, 0.05) is 11.6 Å². The zero-order valence-corrected chi connectivity index (χ0v) is 19.4. The van der Waals surface area contributed by atoms with Crippen molar-refractivity contribution in [3.63, 3.8) is 0 Å². The smallest absolute Gasteiger partial charge is 0.306 e. The van der Waals surface area contributed by atoms with Gasteiger partial charge in [-0.25, -0.2) is 9.80 Å². The van der Waals surface area contributed by atoms with Crippen LogP contribution >= 0.6 is 23.2 Å². The fourth-order valence-corrected chi connectivity index (χ4v) is 4.95. The van der Waals surface area contributed by atoms with Crippen LogP contribution in [-0.4, -0.2) is 16.8 Å². The summed E-state index contributed by atoms with van der Waals surface area (Å²) in [5.41, 5.74) is 5.00. The number of benzene rings is 3. The molecular weight excluding hydrogens is 453 g/mol. The number of hydrogen-bond donors (Lipinski definition) is 1. The molecule has 0 radical (unpaired) electrons. The van der Waals surface area contributed by atoms with Crippen LogP contribution in [-0.2, 0) is 0 Å². The summed E-state index contributed by atoms with van der Waals surface area (Å²) >= 11 is 12.2. The number of fused-ring (bicyclic) bond motifs is 1. The van der Waals surface area contributed by atoms with Crippen molar-refractivity contribution in [3.05, 3.63) is 106 Å². The maximum absolute atomic E-state index is 13.4. The van der Waals surface area contributed by atoms with E-state index < -0.39 is 0 Å². The average molecular weight is 476 g/mol. The Balaban J connectivity index is 1.51. The number of anilines is 1. The molecule has 0 saturated heterocycles. The largest absolute Gasteiger partial charge is 0.342 e. The van der Waals surface area contributed by atoms with Crippen LogP contribution in [0.4, 0.5) is 10.5 Å². The number of halogens is 2. The van der Waals surface area contributed by atoms with Gasteiger partial charge in [-0.15, -0.1) is 0 Å². The number of urea groups is 1. The average Bonchev–Trinajstić information content (AvgIpc) is 3.24. The van der Waals surface area contributed by atoms with Crippen molar-refractivity contribution in [2.24, 2.45) is 11.0 Å². The number of hydrazone groups is 1. The van der Waals surface area contributed by atoms with Crippen LogP contribution in [0.2, 0.25) is 10.0 Å². The van der Waals surface area contributed by atoms with E-state index in [0.29, 0.717) is 15.7 Å². The minimum Gasteiger partial charge on any atom is -0.306 e. The van der Waals surface area contributed by atoms with Crippen LogP contribution in [0.1, 0.15) is 36.4 Å². The van der Waals surface area contributed by atoms with Crippen molar-refractivity contribution in [1.29, 1.82) is 0 Å². The molecule has 1 aliphatic heterocycles. The van der Waals surface area contributed by atoms with E-state index >= 15 is 0 Å². The number of amides is 2. The Hall–Kier alpha value is -3.08. The Kier molecular flexibility index (Phi) is 6.21. The highest BCUT2D eigenvalue weighted by Crippen LogP contribution is 2.44. The standard InChI is InChI=1S/C27H23Cl2N3O/c28-23-15-14-21(17-24(23)29)30-27(33)32-26(19-10-5-2-6-11-19)22-13-7-12-20(25(22)31-32)16-18-8-3-1-4-9-18/h1-6,8-11,14-17,22,26H,7,12-13H2,(H,30,33)/b20-16+. The fourth-order valence-electron chi connectivity index (χ4n) is 4.66. The first-order chi connectivity index (χ1) is 16.1. The molecule has 2 amide bonds. The first-order valence-corrected chi connectivity index (χ1v) is 11.8. The van der Waals surface area contributed by atoms with Crippen LogP contribution < -0.4 is 5.32 Å². The highest BCUT2D eigenvalue weighted by Gasteiger charge is 2.43. The van der Waals surface area contributed by atoms with Crippen LogP contribution in [0, 0.1) is 5.92 Å². The Labute approximate surface area is 203 Å². The van der Waals surface area contributed by atoms with Gasteiger partial charge in [0.1, 0.15) is 0 Å². The molecule has 0 aromatic heterocycles. The minimum absolute atomic E-state index is 0.149. The van der Waals surface area contributed by atoms with Crippen LogP contribution in [0.25, 0.3) is 6.08 Å². The van der Waals surface area contributed by atoms with Crippen molar-refractivity contribution >= 4 is 46.7 Å². The molecule has 1 aliphatic carbocycles. The van der Waals surface area contributed by atoms with Gasteiger partial charge in [0.2, 0.25) is 0 Å². The molecule has 1 N–H and O–H groups in total. The van der Waals surface area contributed by atoms with Gasteiger partial charge < -0.3 is 5.32 Å². The molecular formula is C27H23Cl2N3O. The van der Waals surface area contributed by atoms with Gasteiger partial charge in [-0.2, -0.15) is 5.10 Å². The second-order valence-corrected chi connectivity index (χ2v) is 9.14. The molecule has 2 atom stereocenters. The summed E-state index contributed by atoms with van der Waals surface area (Å²) in [7, 11) is 0. The maximum Gasteiger partial charge on any atom is 0.342 e. The van der Waals surface area contributed by atoms with Gasteiger partial charge in [-0.3, -0.25) is 0 Å². The summed E-state index contributed by atoms with van der Waals surface area (Å²) in [6.45, 7) is 0. The molecule has 2 aliphatic rings. The number of allylic oxidation sites excluding steroid dienone is 1. The van der Waals surface area contributed by atoms with E-state index in [-0.39, 0.29) is 18.0 Å². The van der Waals surface area contributed by atoms with E-state index in [0.717, 1.165) is 36.1 Å². The van der Waals surface area contributed by atoms with E-state index in [2.05, 4.69) is 35.7 Å². The molecule has 4 nitrogen and oxygen atoms in total. The van der Waals surface area contributed by atoms with Crippen LogP contribution in [0.3, 0.4) is 0 Å². The second-order valence-electron chi connectivity index (χ2n) is 8.32. The van der Waals surface area contributed by atoms with E-state index in [4.69, 9.17) is 28.3 Å². The first kappa shape index (κ1) is 21.7. The van der Waals surface area contributed by atoms with E-state index in [9.17, 15) is 4.79 Å². The molecule has 1 heterocycles. The number of nitrogens with zero attached hydrogens (tertiary/aromatic N) is 2. The lowest BCUT2D eigenvalue weighted by atomic mass is 9.77. The van der Waals surface area contributed by atoms with Crippen molar-refractivity contribution in [3.8, 4) is 0 Å². The summed E-state index contributed by atoms with van der Waals surface area (Å²) in [6, 6.07) is 25.0. The molecule has 33 heavy (non-hydrogen) atoms. The van der Waals surface area contributed by atoms with E-state index in [1.54, 1.807) is 23.2 Å². The Morgan fingerprint density at radius 1 is 0.970 bits per heavy atom. The summed E-state index contributed by atoms with van der Waals surface area (Å²) in [4.78, 5) is 13.4. The quantitative estimate of drug-likeness (QED) is 0.412. The number of carbonyl (C=O) groups is 1. The molecule has 5 rings (SSSR count). The van der Waals surface area contributed by atoms with Gasteiger partial charge >= 0.3 is 6.03 Å².